The summed E-state index contributed by atoms with van der Waals surface area (Å²) in [7, 11) is 0. The number of alkyl halides is 1. The predicted molar refractivity (Wildman–Crippen MR) is 58.1 cm³/mol. The molecule has 0 amide bonds. The van der Waals surface area contributed by atoms with E-state index in [0.29, 0.717) is 18.4 Å². The van der Waals surface area contributed by atoms with Gasteiger partial charge in [-0.3, -0.25) is 4.79 Å². The van der Waals surface area contributed by atoms with Crippen molar-refractivity contribution < 1.29 is 13.6 Å². The number of halogens is 3. The summed E-state index contributed by atoms with van der Waals surface area (Å²) < 4.78 is 25.6. The molecule has 0 fully saturated rings. The average Bonchev–Trinajstić information content (AvgIpc) is 2.14. The molecule has 0 aliphatic heterocycles. The first-order chi connectivity index (χ1) is 7.02. The zero-order valence-corrected chi connectivity index (χ0v) is 9.85. The highest BCUT2D eigenvalue weighted by Gasteiger charge is 2.14. The van der Waals surface area contributed by atoms with E-state index in [1.165, 1.54) is 12.1 Å². The van der Waals surface area contributed by atoms with Crippen LogP contribution in [0.1, 0.15) is 18.9 Å². The summed E-state index contributed by atoms with van der Waals surface area (Å²) in [5, 5.41) is 0. The smallest absolute Gasteiger partial charge is 0.146 e. The Kier molecular flexibility index (Phi) is 4.39. The van der Waals surface area contributed by atoms with Crippen LogP contribution < -0.4 is 0 Å². The number of ketones is 1. The molecular formula is C11H11BrF2O. The summed E-state index contributed by atoms with van der Waals surface area (Å²) in [6, 6.07) is 3.29. The van der Waals surface area contributed by atoms with Gasteiger partial charge in [-0.1, -0.05) is 22.9 Å². The van der Waals surface area contributed by atoms with Gasteiger partial charge in [-0.25, -0.2) is 8.78 Å². The topological polar surface area (TPSA) is 17.1 Å². The van der Waals surface area contributed by atoms with Crippen molar-refractivity contribution >= 4 is 21.7 Å². The second kappa shape index (κ2) is 5.35. The molecule has 1 unspecified atom stereocenters. The molecule has 82 valence electrons. The number of hydrogen-bond acceptors (Lipinski definition) is 1. The van der Waals surface area contributed by atoms with Crippen LogP contribution in [0.5, 0.6) is 0 Å². The van der Waals surface area contributed by atoms with Gasteiger partial charge in [0, 0.05) is 12.5 Å². The molecule has 0 aromatic heterocycles. The molecule has 0 aliphatic carbocycles. The minimum atomic E-state index is -0.617. The average molecular weight is 277 g/mol. The van der Waals surface area contributed by atoms with E-state index in [0.717, 1.165) is 6.07 Å². The van der Waals surface area contributed by atoms with E-state index in [1.807, 2.05) is 0 Å². The first-order valence-electron chi connectivity index (χ1n) is 4.64. The lowest BCUT2D eigenvalue weighted by molar-refractivity contribution is -0.118. The van der Waals surface area contributed by atoms with E-state index in [4.69, 9.17) is 0 Å². The van der Waals surface area contributed by atoms with E-state index in [1.54, 1.807) is 6.92 Å². The summed E-state index contributed by atoms with van der Waals surface area (Å²) in [6.45, 7) is 1.75. The van der Waals surface area contributed by atoms with Gasteiger partial charge in [0.2, 0.25) is 0 Å². The predicted octanol–water partition coefficient (Wildman–Crippen LogP) is 3.25. The van der Waals surface area contributed by atoms with Crippen molar-refractivity contribution in [2.45, 2.75) is 24.6 Å². The number of carbonyl (C=O) groups excluding carboxylic acids is 1. The fourth-order valence-corrected chi connectivity index (χ4v) is 1.97. The van der Waals surface area contributed by atoms with Crippen LogP contribution in [0.15, 0.2) is 18.2 Å². The van der Waals surface area contributed by atoms with Crippen LogP contribution in [-0.2, 0) is 11.2 Å². The molecule has 0 aliphatic rings. The lowest BCUT2D eigenvalue weighted by Crippen LogP contribution is -2.15. The molecule has 0 spiro atoms. The van der Waals surface area contributed by atoms with Crippen LogP contribution in [0.3, 0.4) is 0 Å². The molecule has 0 N–H and O–H groups in total. The number of carbonyl (C=O) groups is 1. The summed E-state index contributed by atoms with van der Waals surface area (Å²) >= 11 is 3.19. The number of benzene rings is 1. The summed E-state index contributed by atoms with van der Waals surface area (Å²) in [4.78, 5) is 10.9. The zero-order chi connectivity index (χ0) is 11.4. The summed E-state index contributed by atoms with van der Waals surface area (Å²) in [5.41, 5.74) is 0.483. The van der Waals surface area contributed by atoms with Gasteiger partial charge >= 0.3 is 0 Å². The third kappa shape index (κ3) is 3.70. The van der Waals surface area contributed by atoms with Crippen LogP contribution >= 0.6 is 15.9 Å². The largest absolute Gasteiger partial charge is 0.298 e. The van der Waals surface area contributed by atoms with E-state index in [2.05, 4.69) is 15.9 Å². The van der Waals surface area contributed by atoms with Crippen molar-refractivity contribution in [1.29, 1.82) is 0 Å². The van der Waals surface area contributed by atoms with Gasteiger partial charge in [0.05, 0.1) is 4.83 Å². The third-order valence-electron chi connectivity index (χ3n) is 2.04. The highest BCUT2D eigenvalue weighted by molar-refractivity contribution is 9.10. The molecule has 1 aromatic rings. The first kappa shape index (κ1) is 12.3. The normalized spacial score (nSPS) is 12.5. The third-order valence-corrected chi connectivity index (χ3v) is 2.87. The van der Waals surface area contributed by atoms with E-state index < -0.39 is 11.6 Å². The molecular weight excluding hydrogens is 266 g/mol. The SMILES string of the molecule is CCC(=O)C(Br)Cc1cc(F)cc(F)c1. The number of hydrogen-bond donors (Lipinski definition) is 0. The Morgan fingerprint density at radius 1 is 1.33 bits per heavy atom. The van der Waals surface area contributed by atoms with Gasteiger partial charge in [-0.15, -0.1) is 0 Å². The van der Waals surface area contributed by atoms with E-state index in [9.17, 15) is 13.6 Å². The van der Waals surface area contributed by atoms with Crippen LogP contribution in [0.2, 0.25) is 0 Å². The number of rotatable bonds is 4. The Balaban J connectivity index is 2.76. The van der Waals surface area contributed by atoms with Crippen molar-refractivity contribution in [3.8, 4) is 0 Å². The molecule has 1 atom stereocenters. The maximum Gasteiger partial charge on any atom is 0.146 e. The summed E-state index contributed by atoms with van der Waals surface area (Å²) in [5.74, 6) is -1.21. The molecule has 1 nitrogen and oxygen atoms in total. The maximum absolute atomic E-state index is 12.8. The fraction of sp³-hybridized carbons (Fsp3) is 0.364. The molecule has 0 heterocycles. The van der Waals surface area contributed by atoms with E-state index >= 15 is 0 Å². The Morgan fingerprint density at radius 2 is 1.87 bits per heavy atom. The minimum absolute atomic E-state index is 0.0275. The highest BCUT2D eigenvalue weighted by Crippen LogP contribution is 2.15. The van der Waals surface area contributed by atoms with Gasteiger partial charge in [-0.2, -0.15) is 0 Å². The van der Waals surface area contributed by atoms with Crippen molar-refractivity contribution in [3.05, 3.63) is 35.4 Å². The lowest BCUT2D eigenvalue weighted by atomic mass is 10.1. The van der Waals surface area contributed by atoms with Crippen LogP contribution in [0, 0.1) is 11.6 Å². The lowest BCUT2D eigenvalue weighted by Gasteiger charge is -2.07. The highest BCUT2D eigenvalue weighted by atomic mass is 79.9. The first-order valence-corrected chi connectivity index (χ1v) is 5.56. The van der Waals surface area contributed by atoms with Gasteiger partial charge in [0.25, 0.3) is 0 Å². The van der Waals surface area contributed by atoms with Crippen LogP contribution in [0.4, 0.5) is 8.78 Å². The van der Waals surface area contributed by atoms with Crippen molar-refractivity contribution in [3.63, 3.8) is 0 Å². The Bertz CT molecular complexity index is 345. The molecule has 4 heteroatoms. The molecule has 15 heavy (non-hydrogen) atoms. The minimum Gasteiger partial charge on any atom is -0.298 e. The molecule has 1 aromatic carbocycles. The standard InChI is InChI=1S/C11H11BrF2O/c1-2-11(15)10(12)5-7-3-8(13)6-9(14)4-7/h3-4,6,10H,2,5H2,1H3. The number of Topliss-reactive ketones (excluding diaryl/α,β-unsaturated/α-hetero) is 1. The second-order valence-corrected chi connectivity index (χ2v) is 4.37. The van der Waals surface area contributed by atoms with Crippen molar-refractivity contribution in [2.75, 3.05) is 0 Å². The van der Waals surface area contributed by atoms with Crippen LogP contribution in [0.25, 0.3) is 0 Å². The summed E-state index contributed by atoms with van der Waals surface area (Å²) in [6.07, 6.45) is 0.717. The van der Waals surface area contributed by atoms with Gasteiger partial charge in [0.1, 0.15) is 17.4 Å². The van der Waals surface area contributed by atoms with Crippen molar-refractivity contribution in [1.82, 2.24) is 0 Å². The zero-order valence-electron chi connectivity index (χ0n) is 8.27. The fourth-order valence-electron chi connectivity index (χ4n) is 1.27. The molecule has 0 saturated carbocycles. The Morgan fingerprint density at radius 3 is 2.33 bits per heavy atom. The van der Waals surface area contributed by atoms with Crippen LogP contribution in [-0.4, -0.2) is 10.6 Å². The second-order valence-electron chi connectivity index (χ2n) is 3.27. The van der Waals surface area contributed by atoms with Gasteiger partial charge < -0.3 is 0 Å². The quantitative estimate of drug-likeness (QED) is 0.772. The Hall–Kier alpha value is -0.770. The van der Waals surface area contributed by atoms with Gasteiger partial charge in [-0.05, 0) is 24.1 Å². The maximum atomic E-state index is 12.8. The van der Waals surface area contributed by atoms with E-state index in [-0.39, 0.29) is 10.6 Å². The molecule has 1 rings (SSSR count). The molecule has 0 saturated heterocycles. The van der Waals surface area contributed by atoms with Crippen molar-refractivity contribution in [2.24, 2.45) is 0 Å². The monoisotopic (exact) mass is 276 g/mol. The molecule has 0 bridgehead atoms. The van der Waals surface area contributed by atoms with Gasteiger partial charge in [0.15, 0.2) is 0 Å². The Labute approximate surface area is 95.6 Å². The molecule has 0 radical (unpaired) electrons.